The molecular formula is C18H20BrN3O4. The second-order valence-corrected chi connectivity index (χ2v) is 6.36. The molecule has 0 saturated carbocycles. The summed E-state index contributed by atoms with van der Waals surface area (Å²) >= 11 is 3.36. The highest BCUT2D eigenvalue weighted by Crippen LogP contribution is 2.32. The Bertz CT molecular complexity index is 811. The molecule has 1 aromatic carbocycles. The quantitative estimate of drug-likeness (QED) is 0.689. The number of rotatable bonds is 7. The summed E-state index contributed by atoms with van der Waals surface area (Å²) in [5.74, 6) is -0.612. The van der Waals surface area contributed by atoms with E-state index >= 15 is 0 Å². The highest BCUT2D eigenvalue weighted by Gasteiger charge is 2.30. The van der Waals surface area contributed by atoms with Gasteiger partial charge in [-0.3, -0.25) is 0 Å². The van der Waals surface area contributed by atoms with E-state index in [0.29, 0.717) is 28.2 Å². The van der Waals surface area contributed by atoms with Crippen molar-refractivity contribution in [2.75, 3.05) is 20.3 Å². The third-order valence-corrected chi connectivity index (χ3v) is 4.40. The van der Waals surface area contributed by atoms with Gasteiger partial charge < -0.3 is 19.1 Å². The summed E-state index contributed by atoms with van der Waals surface area (Å²) in [5.41, 5.74) is 1.37. The molecule has 0 bridgehead atoms. The van der Waals surface area contributed by atoms with Gasteiger partial charge in [0.15, 0.2) is 10.4 Å². The van der Waals surface area contributed by atoms with Crippen LogP contribution < -0.4 is 0 Å². The number of methoxy groups -OCH3 is 1. The molecule has 138 valence electrons. The Labute approximate surface area is 160 Å². The van der Waals surface area contributed by atoms with Crippen LogP contribution in [0.2, 0.25) is 0 Å². The summed E-state index contributed by atoms with van der Waals surface area (Å²) in [5, 5.41) is 19.9. The van der Waals surface area contributed by atoms with Crippen molar-refractivity contribution in [3.8, 4) is 6.07 Å². The first-order valence-electron chi connectivity index (χ1n) is 8.06. The van der Waals surface area contributed by atoms with Gasteiger partial charge in [0.2, 0.25) is 0 Å². The molecule has 0 fully saturated rings. The standard InChI is InChI=1S/C18H20BrN3O4/c1-4-26-17(24)14-15(22(18(19)21-14)11(2)10-25-3)16(23)13-7-5-12(9-20)6-8-13/h5-8,11,16,23H,4,10H2,1-3H3. The largest absolute Gasteiger partial charge is 0.461 e. The maximum absolute atomic E-state index is 12.3. The third kappa shape index (κ3) is 4.12. The van der Waals surface area contributed by atoms with Crippen LogP contribution in [0.4, 0.5) is 0 Å². The number of esters is 1. The zero-order valence-electron chi connectivity index (χ0n) is 14.8. The molecule has 26 heavy (non-hydrogen) atoms. The van der Waals surface area contributed by atoms with E-state index < -0.39 is 12.1 Å². The Morgan fingerprint density at radius 2 is 2.08 bits per heavy atom. The lowest BCUT2D eigenvalue weighted by atomic mass is 10.0. The number of aliphatic hydroxyl groups excluding tert-OH is 1. The van der Waals surface area contributed by atoms with Crippen LogP contribution in [-0.2, 0) is 9.47 Å². The zero-order chi connectivity index (χ0) is 19.3. The molecule has 0 spiro atoms. The molecule has 1 aromatic heterocycles. The summed E-state index contributed by atoms with van der Waals surface area (Å²) in [6, 6.07) is 8.35. The van der Waals surface area contributed by atoms with Crippen molar-refractivity contribution >= 4 is 21.9 Å². The van der Waals surface area contributed by atoms with E-state index in [2.05, 4.69) is 20.9 Å². The van der Waals surface area contributed by atoms with Crippen LogP contribution in [0.25, 0.3) is 0 Å². The molecule has 2 rings (SSSR count). The number of aliphatic hydroxyl groups is 1. The monoisotopic (exact) mass is 421 g/mol. The van der Waals surface area contributed by atoms with Gasteiger partial charge in [-0.05, 0) is 47.5 Å². The van der Waals surface area contributed by atoms with E-state index in [-0.39, 0.29) is 18.3 Å². The minimum absolute atomic E-state index is 0.0403. The smallest absolute Gasteiger partial charge is 0.358 e. The number of carbonyl (C=O) groups is 1. The molecule has 8 heteroatoms. The Kier molecular flexibility index (Phi) is 6.91. The van der Waals surface area contributed by atoms with Crippen LogP contribution >= 0.6 is 15.9 Å². The van der Waals surface area contributed by atoms with E-state index in [1.54, 1.807) is 42.9 Å². The molecule has 1 N–H and O–H groups in total. The van der Waals surface area contributed by atoms with Crippen LogP contribution in [0.15, 0.2) is 29.0 Å². The summed E-state index contributed by atoms with van der Waals surface area (Å²) in [4.78, 5) is 16.6. The number of ether oxygens (including phenoxy) is 2. The predicted molar refractivity (Wildman–Crippen MR) is 97.7 cm³/mol. The summed E-state index contributed by atoms with van der Waals surface area (Å²) < 4.78 is 12.4. The molecule has 0 saturated heterocycles. The fourth-order valence-corrected chi connectivity index (χ4v) is 3.38. The van der Waals surface area contributed by atoms with Crippen molar-refractivity contribution in [3.05, 3.63) is 51.5 Å². The van der Waals surface area contributed by atoms with E-state index in [1.807, 2.05) is 13.0 Å². The Morgan fingerprint density at radius 1 is 1.42 bits per heavy atom. The number of carbonyl (C=O) groups excluding carboxylic acids is 1. The first-order chi connectivity index (χ1) is 12.4. The molecule has 2 atom stereocenters. The van der Waals surface area contributed by atoms with E-state index in [1.165, 1.54) is 0 Å². The number of imidazole rings is 1. The van der Waals surface area contributed by atoms with Crippen molar-refractivity contribution in [2.24, 2.45) is 0 Å². The highest BCUT2D eigenvalue weighted by atomic mass is 79.9. The van der Waals surface area contributed by atoms with E-state index in [9.17, 15) is 9.90 Å². The molecular weight excluding hydrogens is 402 g/mol. The summed E-state index contributed by atoms with van der Waals surface area (Å²) in [6.45, 7) is 4.15. The van der Waals surface area contributed by atoms with Gasteiger partial charge in [0, 0.05) is 7.11 Å². The lowest BCUT2D eigenvalue weighted by Gasteiger charge is -2.21. The molecule has 0 radical (unpaired) electrons. The third-order valence-electron chi connectivity index (χ3n) is 3.84. The average Bonchev–Trinajstić information content (AvgIpc) is 2.99. The van der Waals surface area contributed by atoms with E-state index in [4.69, 9.17) is 14.7 Å². The lowest BCUT2D eigenvalue weighted by molar-refractivity contribution is 0.0513. The van der Waals surface area contributed by atoms with Gasteiger partial charge in [0.05, 0.1) is 36.6 Å². The minimum Gasteiger partial charge on any atom is -0.461 e. The van der Waals surface area contributed by atoms with E-state index in [0.717, 1.165) is 0 Å². The zero-order valence-corrected chi connectivity index (χ0v) is 16.4. The molecule has 2 aromatic rings. The fraction of sp³-hybridized carbons (Fsp3) is 0.389. The van der Waals surface area contributed by atoms with Crippen molar-refractivity contribution in [1.82, 2.24) is 9.55 Å². The SMILES string of the molecule is CCOC(=O)c1nc(Br)n(C(C)COC)c1C(O)c1ccc(C#N)cc1. The number of nitrogens with zero attached hydrogens (tertiary/aromatic N) is 3. The number of nitriles is 1. The Hall–Kier alpha value is -2.21. The van der Waals surface area contributed by atoms with Gasteiger partial charge in [0.25, 0.3) is 0 Å². The fourth-order valence-electron chi connectivity index (χ4n) is 2.66. The lowest BCUT2D eigenvalue weighted by Crippen LogP contribution is -2.19. The summed E-state index contributed by atoms with van der Waals surface area (Å²) in [7, 11) is 1.57. The number of aromatic nitrogens is 2. The minimum atomic E-state index is -1.12. The Morgan fingerprint density at radius 3 is 2.62 bits per heavy atom. The van der Waals surface area contributed by atoms with Crippen molar-refractivity contribution < 1.29 is 19.4 Å². The normalized spacial score (nSPS) is 13.1. The molecule has 2 unspecified atom stereocenters. The highest BCUT2D eigenvalue weighted by molar-refractivity contribution is 9.10. The second-order valence-electron chi connectivity index (χ2n) is 5.65. The maximum Gasteiger partial charge on any atom is 0.358 e. The average molecular weight is 422 g/mol. The maximum atomic E-state index is 12.3. The van der Waals surface area contributed by atoms with Gasteiger partial charge in [-0.15, -0.1) is 0 Å². The molecule has 7 nitrogen and oxygen atoms in total. The van der Waals surface area contributed by atoms with Gasteiger partial charge in [-0.1, -0.05) is 12.1 Å². The van der Waals surface area contributed by atoms with Crippen molar-refractivity contribution in [1.29, 1.82) is 5.26 Å². The van der Waals surface area contributed by atoms with Crippen LogP contribution in [0, 0.1) is 11.3 Å². The number of hydrogen-bond donors (Lipinski definition) is 1. The van der Waals surface area contributed by atoms with Gasteiger partial charge in [-0.2, -0.15) is 5.26 Å². The number of hydrogen-bond acceptors (Lipinski definition) is 6. The molecule has 0 aliphatic carbocycles. The Balaban J connectivity index is 2.57. The van der Waals surface area contributed by atoms with Crippen LogP contribution in [0.1, 0.15) is 53.3 Å². The topological polar surface area (TPSA) is 97.4 Å². The number of halogens is 1. The van der Waals surface area contributed by atoms with Gasteiger partial charge in [0.1, 0.15) is 6.10 Å². The summed E-state index contributed by atoms with van der Waals surface area (Å²) in [6.07, 6.45) is -1.12. The first-order valence-corrected chi connectivity index (χ1v) is 8.85. The van der Waals surface area contributed by atoms with Crippen molar-refractivity contribution in [2.45, 2.75) is 26.0 Å². The second kappa shape index (κ2) is 8.94. The molecule has 0 aliphatic rings. The van der Waals surface area contributed by atoms with Crippen molar-refractivity contribution in [3.63, 3.8) is 0 Å². The van der Waals surface area contributed by atoms with Crippen LogP contribution in [0.3, 0.4) is 0 Å². The molecule has 0 amide bonds. The molecule has 1 heterocycles. The van der Waals surface area contributed by atoms with Crippen LogP contribution in [-0.4, -0.2) is 41.0 Å². The van der Waals surface area contributed by atoms with Gasteiger partial charge >= 0.3 is 5.97 Å². The van der Waals surface area contributed by atoms with Crippen LogP contribution in [0.5, 0.6) is 0 Å². The first kappa shape index (κ1) is 20.1. The predicted octanol–water partition coefficient (Wildman–Crippen LogP) is 2.98. The molecule has 0 aliphatic heterocycles. The number of benzene rings is 1. The van der Waals surface area contributed by atoms with Gasteiger partial charge in [-0.25, -0.2) is 9.78 Å².